The minimum absolute atomic E-state index is 0.00145. The third-order valence-corrected chi connectivity index (χ3v) is 1.39. The molecular weight excluding hydrogens is 226 g/mol. The molecule has 0 amide bonds. The lowest BCUT2D eigenvalue weighted by Crippen LogP contribution is -2.22. The molecule has 0 aromatic carbocycles. The maximum absolute atomic E-state index is 8.47. The number of guanidine groups is 1. The van der Waals surface area contributed by atoms with Crippen LogP contribution in [0.4, 0.5) is 0 Å². The summed E-state index contributed by atoms with van der Waals surface area (Å²) in [6.07, 6.45) is 4.04. The van der Waals surface area contributed by atoms with Gasteiger partial charge >= 0.3 is 5.09 Å². The first-order valence-electron chi connectivity index (χ1n) is 4.86. The molecule has 0 aromatic heterocycles. The first kappa shape index (κ1) is 17.3. The van der Waals surface area contributed by atoms with Gasteiger partial charge in [0.05, 0.1) is 0 Å². The van der Waals surface area contributed by atoms with E-state index in [0.717, 1.165) is 18.6 Å². The second kappa shape index (κ2) is 10.4. The van der Waals surface area contributed by atoms with Crippen LogP contribution in [0.5, 0.6) is 0 Å². The lowest BCUT2D eigenvalue weighted by Gasteiger charge is -1.94. The molecule has 0 rings (SSSR count). The topological polar surface area (TPSA) is 137 Å². The normalized spacial score (nSPS) is 9.71. The zero-order valence-corrected chi connectivity index (χ0v) is 10.3. The van der Waals surface area contributed by atoms with Gasteiger partial charge in [-0.05, 0) is 33.6 Å². The standard InChI is InChI=1S/C9H18N4.H2NO3/c1-7(2)5-4-6-8(3)12-13-9(10)11;2-1(3)4/h5H,4,6H2,1-3H3,(H4,10,11,13);(H2,2,3,4)/q;+1/b12-8+;. The molecule has 0 aliphatic heterocycles. The minimum Gasteiger partial charge on any atom is -0.369 e. The van der Waals surface area contributed by atoms with Crippen LogP contribution >= 0.6 is 0 Å². The molecule has 0 saturated heterocycles. The molecule has 0 saturated carbocycles. The summed E-state index contributed by atoms with van der Waals surface area (Å²) >= 11 is 0. The zero-order chi connectivity index (χ0) is 13.8. The van der Waals surface area contributed by atoms with Crippen LogP contribution in [-0.4, -0.2) is 27.2 Å². The highest BCUT2D eigenvalue weighted by molar-refractivity contribution is 5.83. The molecule has 98 valence electrons. The number of allylic oxidation sites excluding steroid dienone is 2. The van der Waals surface area contributed by atoms with Crippen LogP contribution in [0.25, 0.3) is 0 Å². The summed E-state index contributed by atoms with van der Waals surface area (Å²) in [7, 11) is 0. The minimum atomic E-state index is -1.25. The first-order valence-corrected chi connectivity index (χ1v) is 4.86. The van der Waals surface area contributed by atoms with Crippen LogP contribution in [-0.2, 0) is 0 Å². The Balaban J connectivity index is 0. The Morgan fingerprint density at radius 1 is 1.24 bits per heavy atom. The van der Waals surface area contributed by atoms with E-state index in [2.05, 4.69) is 30.1 Å². The van der Waals surface area contributed by atoms with Crippen molar-refractivity contribution >= 4 is 11.7 Å². The summed E-state index contributed by atoms with van der Waals surface area (Å²) in [5.74, 6) is 0.00145. The molecule has 0 heterocycles. The fraction of sp³-hybridized carbons (Fsp3) is 0.556. The second-order valence-corrected chi connectivity index (χ2v) is 3.43. The molecule has 6 N–H and O–H groups in total. The van der Waals surface area contributed by atoms with E-state index in [1.807, 2.05) is 6.92 Å². The van der Waals surface area contributed by atoms with Crippen LogP contribution in [0.15, 0.2) is 21.9 Å². The zero-order valence-electron chi connectivity index (χ0n) is 10.3. The summed E-state index contributed by atoms with van der Waals surface area (Å²) in [6.45, 7) is 6.05. The average molecular weight is 246 g/mol. The van der Waals surface area contributed by atoms with Crippen LogP contribution < -0.4 is 11.5 Å². The first-order chi connectivity index (χ1) is 7.75. The van der Waals surface area contributed by atoms with Crippen molar-refractivity contribution in [1.29, 1.82) is 0 Å². The molecule has 8 nitrogen and oxygen atoms in total. The highest BCUT2D eigenvalue weighted by atomic mass is 16.9. The van der Waals surface area contributed by atoms with Gasteiger partial charge in [-0.25, -0.2) is 10.4 Å². The molecule has 0 bridgehead atoms. The Hall–Kier alpha value is -2.12. The van der Waals surface area contributed by atoms with E-state index >= 15 is 0 Å². The largest absolute Gasteiger partial charge is 0.472 e. The molecule has 0 spiro atoms. The van der Waals surface area contributed by atoms with Crippen molar-refractivity contribution in [3.05, 3.63) is 16.6 Å². The van der Waals surface area contributed by atoms with E-state index in [1.165, 1.54) is 5.57 Å². The smallest absolute Gasteiger partial charge is 0.369 e. The maximum Gasteiger partial charge on any atom is 0.472 e. The molecule has 0 aromatic rings. The van der Waals surface area contributed by atoms with Crippen molar-refractivity contribution in [3.63, 3.8) is 0 Å². The highest BCUT2D eigenvalue weighted by Gasteiger charge is 1.89. The van der Waals surface area contributed by atoms with E-state index in [0.29, 0.717) is 0 Å². The Kier molecular flexibility index (Phi) is 10.6. The summed E-state index contributed by atoms with van der Waals surface area (Å²) in [4.78, 5) is 8.47. The van der Waals surface area contributed by atoms with Gasteiger partial charge < -0.3 is 11.5 Å². The van der Waals surface area contributed by atoms with Crippen molar-refractivity contribution in [2.45, 2.75) is 33.6 Å². The van der Waals surface area contributed by atoms with E-state index in [1.54, 1.807) is 0 Å². The van der Waals surface area contributed by atoms with E-state index in [4.69, 9.17) is 26.8 Å². The molecule has 0 atom stereocenters. The van der Waals surface area contributed by atoms with Crippen LogP contribution in [0, 0.1) is 4.91 Å². The number of nitrogens with two attached hydrogens (primary N) is 2. The third-order valence-electron chi connectivity index (χ3n) is 1.39. The fourth-order valence-electron chi connectivity index (χ4n) is 0.763. The van der Waals surface area contributed by atoms with Crippen molar-refractivity contribution in [2.24, 2.45) is 21.7 Å². The van der Waals surface area contributed by atoms with Gasteiger partial charge in [0.1, 0.15) is 4.91 Å². The molecule has 0 radical (unpaired) electrons. The molecular formula is C9H20N5O3+. The SMILES string of the molecule is CC(C)=CCC/C(C)=N/N=C(N)N.O=[N+](O)O. The van der Waals surface area contributed by atoms with Crippen molar-refractivity contribution in [1.82, 2.24) is 0 Å². The maximum atomic E-state index is 8.47. The monoisotopic (exact) mass is 246 g/mol. The Labute approximate surface area is 99.8 Å². The lowest BCUT2D eigenvalue weighted by molar-refractivity contribution is -0.969. The Bertz CT molecular complexity index is 311. The lowest BCUT2D eigenvalue weighted by atomic mass is 10.2. The highest BCUT2D eigenvalue weighted by Crippen LogP contribution is 1.98. The second-order valence-electron chi connectivity index (χ2n) is 3.43. The molecule has 0 unspecified atom stereocenters. The molecule has 8 heteroatoms. The van der Waals surface area contributed by atoms with Crippen LogP contribution in [0.3, 0.4) is 0 Å². The summed E-state index contributed by atoms with van der Waals surface area (Å²) in [5, 5.41) is 19.9. The number of rotatable bonds is 4. The van der Waals surface area contributed by atoms with Crippen LogP contribution in [0.1, 0.15) is 33.6 Å². The van der Waals surface area contributed by atoms with Crippen LogP contribution in [0.2, 0.25) is 0 Å². The van der Waals surface area contributed by atoms with E-state index in [9.17, 15) is 0 Å². The quantitative estimate of drug-likeness (QED) is 0.253. The Morgan fingerprint density at radius 3 is 2.06 bits per heavy atom. The Morgan fingerprint density at radius 2 is 1.71 bits per heavy atom. The molecule has 17 heavy (non-hydrogen) atoms. The summed E-state index contributed by atoms with van der Waals surface area (Å²) in [5.41, 5.74) is 12.5. The van der Waals surface area contributed by atoms with E-state index in [-0.39, 0.29) is 5.96 Å². The van der Waals surface area contributed by atoms with Gasteiger partial charge in [0.2, 0.25) is 5.96 Å². The van der Waals surface area contributed by atoms with Crippen molar-refractivity contribution in [3.8, 4) is 0 Å². The fourth-order valence-corrected chi connectivity index (χ4v) is 0.763. The molecule has 0 fully saturated rings. The van der Waals surface area contributed by atoms with Gasteiger partial charge in [0.25, 0.3) is 0 Å². The van der Waals surface area contributed by atoms with Gasteiger partial charge in [-0.3, -0.25) is 0 Å². The third kappa shape index (κ3) is 24.8. The number of nitrogens with zero attached hydrogens (tertiary/aromatic N) is 3. The summed E-state index contributed by atoms with van der Waals surface area (Å²) in [6, 6.07) is 0. The van der Waals surface area contributed by atoms with Crippen molar-refractivity contribution < 1.29 is 15.5 Å². The molecule has 0 aliphatic rings. The van der Waals surface area contributed by atoms with Gasteiger partial charge in [0, 0.05) is 5.71 Å². The number of hydrogen-bond acceptors (Lipinski definition) is 3. The van der Waals surface area contributed by atoms with E-state index < -0.39 is 5.09 Å². The average Bonchev–Trinajstić information content (AvgIpc) is 2.13. The predicted octanol–water partition coefficient (Wildman–Crippen LogP) is 0.926. The predicted molar refractivity (Wildman–Crippen MR) is 64.8 cm³/mol. The van der Waals surface area contributed by atoms with Gasteiger partial charge in [0.15, 0.2) is 0 Å². The summed E-state index contributed by atoms with van der Waals surface area (Å²) < 4.78 is 0. The molecule has 0 aliphatic carbocycles. The van der Waals surface area contributed by atoms with Gasteiger partial charge in [-0.2, -0.15) is 5.10 Å². The van der Waals surface area contributed by atoms with Crippen molar-refractivity contribution in [2.75, 3.05) is 0 Å². The van der Waals surface area contributed by atoms with Gasteiger partial charge in [-0.1, -0.05) is 11.6 Å². The van der Waals surface area contributed by atoms with Gasteiger partial charge in [-0.15, -0.1) is 5.10 Å². The number of hydrogen-bond donors (Lipinski definition) is 4.